The molecule has 3 nitrogen and oxygen atoms in total. The van der Waals surface area contributed by atoms with Crippen LogP contribution in [0.15, 0.2) is 29.3 Å². The maximum absolute atomic E-state index is 5.91. The molecule has 19 heavy (non-hydrogen) atoms. The van der Waals surface area contributed by atoms with Crippen molar-refractivity contribution < 1.29 is 4.74 Å². The number of unbranched alkanes of at least 4 members (excludes halogenated alkanes) is 4. The molecule has 0 spiro atoms. The molecule has 1 aliphatic heterocycles. The van der Waals surface area contributed by atoms with Crippen molar-refractivity contribution in [3.05, 3.63) is 29.8 Å². The fourth-order valence-corrected chi connectivity index (χ4v) is 2.25. The molecule has 1 aromatic carbocycles. The van der Waals surface area contributed by atoms with Crippen LogP contribution >= 0.6 is 0 Å². The van der Waals surface area contributed by atoms with Gasteiger partial charge in [0.25, 0.3) is 0 Å². The molecule has 0 atom stereocenters. The Morgan fingerprint density at radius 2 is 2.00 bits per heavy atom. The van der Waals surface area contributed by atoms with Crippen molar-refractivity contribution in [2.45, 2.75) is 39.0 Å². The molecule has 0 saturated heterocycles. The fourth-order valence-electron chi connectivity index (χ4n) is 2.25. The summed E-state index contributed by atoms with van der Waals surface area (Å²) in [5.74, 6) is 1.92. The first-order valence-electron chi connectivity index (χ1n) is 7.42. The van der Waals surface area contributed by atoms with Crippen molar-refractivity contribution in [3.63, 3.8) is 0 Å². The normalized spacial score (nSPS) is 14.1. The summed E-state index contributed by atoms with van der Waals surface area (Å²) in [4.78, 5) is 4.46. The van der Waals surface area contributed by atoms with Gasteiger partial charge in [0.05, 0.1) is 18.7 Å². The van der Waals surface area contributed by atoms with E-state index >= 15 is 0 Å². The Kier molecular flexibility index (Phi) is 5.73. The van der Waals surface area contributed by atoms with Gasteiger partial charge in [0.1, 0.15) is 11.6 Å². The number of para-hydroxylation sites is 1. The SMILES string of the molecule is CCCCCCCOc1ccccc1C1=NCCN1. The van der Waals surface area contributed by atoms with Crippen LogP contribution < -0.4 is 10.1 Å². The molecule has 0 aromatic heterocycles. The minimum atomic E-state index is 0.800. The van der Waals surface area contributed by atoms with Gasteiger partial charge in [0.15, 0.2) is 0 Å². The molecule has 0 bridgehead atoms. The van der Waals surface area contributed by atoms with Gasteiger partial charge in [-0.25, -0.2) is 0 Å². The molecule has 0 unspecified atom stereocenters. The second-order valence-corrected chi connectivity index (χ2v) is 4.92. The van der Waals surface area contributed by atoms with Crippen molar-refractivity contribution in [3.8, 4) is 5.75 Å². The van der Waals surface area contributed by atoms with Crippen molar-refractivity contribution >= 4 is 5.84 Å². The van der Waals surface area contributed by atoms with E-state index in [1.165, 1.54) is 25.7 Å². The van der Waals surface area contributed by atoms with Gasteiger partial charge < -0.3 is 10.1 Å². The average molecular weight is 260 g/mol. The predicted molar refractivity (Wildman–Crippen MR) is 80.1 cm³/mol. The molecule has 0 amide bonds. The van der Waals surface area contributed by atoms with Crippen LogP contribution in [0.1, 0.15) is 44.6 Å². The number of ether oxygens (including phenoxy) is 1. The molecule has 104 valence electrons. The molecule has 0 radical (unpaired) electrons. The van der Waals surface area contributed by atoms with Gasteiger partial charge in [-0.3, -0.25) is 4.99 Å². The number of amidine groups is 1. The number of hydrogen-bond acceptors (Lipinski definition) is 3. The maximum atomic E-state index is 5.91. The zero-order valence-electron chi connectivity index (χ0n) is 11.8. The van der Waals surface area contributed by atoms with Crippen LogP contribution in [0.5, 0.6) is 5.75 Å². The average Bonchev–Trinajstić information content (AvgIpc) is 2.97. The topological polar surface area (TPSA) is 33.6 Å². The Bertz CT molecular complexity index is 415. The van der Waals surface area contributed by atoms with Gasteiger partial charge in [0, 0.05) is 6.54 Å². The number of nitrogens with one attached hydrogen (secondary N) is 1. The summed E-state index contributed by atoms with van der Waals surface area (Å²) in [5.41, 5.74) is 1.09. The number of nitrogens with zero attached hydrogens (tertiary/aromatic N) is 1. The van der Waals surface area contributed by atoms with Gasteiger partial charge in [-0.2, -0.15) is 0 Å². The first-order valence-corrected chi connectivity index (χ1v) is 7.42. The Balaban J connectivity index is 1.83. The fraction of sp³-hybridized carbons (Fsp3) is 0.562. The lowest BCUT2D eigenvalue weighted by Gasteiger charge is -2.11. The lowest BCUT2D eigenvalue weighted by Crippen LogP contribution is -2.20. The molecule has 2 rings (SSSR count). The number of rotatable bonds is 8. The van der Waals surface area contributed by atoms with E-state index in [9.17, 15) is 0 Å². The van der Waals surface area contributed by atoms with Crippen LogP contribution in [-0.2, 0) is 0 Å². The smallest absolute Gasteiger partial charge is 0.132 e. The van der Waals surface area contributed by atoms with Crippen LogP contribution in [-0.4, -0.2) is 25.5 Å². The zero-order valence-corrected chi connectivity index (χ0v) is 11.8. The second kappa shape index (κ2) is 7.82. The van der Waals surface area contributed by atoms with E-state index < -0.39 is 0 Å². The summed E-state index contributed by atoms with van der Waals surface area (Å²) in [6.45, 7) is 4.83. The van der Waals surface area contributed by atoms with E-state index in [1.807, 2.05) is 18.2 Å². The summed E-state index contributed by atoms with van der Waals surface area (Å²) in [6.07, 6.45) is 6.33. The third-order valence-corrected chi connectivity index (χ3v) is 3.32. The molecule has 0 aliphatic carbocycles. The van der Waals surface area contributed by atoms with Crippen LogP contribution in [0.25, 0.3) is 0 Å². The number of hydrogen-bond donors (Lipinski definition) is 1. The minimum absolute atomic E-state index is 0.800. The predicted octanol–water partition coefficient (Wildman–Crippen LogP) is 3.39. The molecule has 3 heteroatoms. The van der Waals surface area contributed by atoms with Crippen molar-refractivity contribution in [1.29, 1.82) is 0 Å². The van der Waals surface area contributed by atoms with Crippen LogP contribution in [0.4, 0.5) is 0 Å². The van der Waals surface area contributed by atoms with E-state index in [1.54, 1.807) is 0 Å². The van der Waals surface area contributed by atoms with Crippen molar-refractivity contribution in [1.82, 2.24) is 5.32 Å². The summed E-state index contributed by atoms with van der Waals surface area (Å²) < 4.78 is 5.91. The Morgan fingerprint density at radius 1 is 1.16 bits per heavy atom. The molecular weight excluding hydrogens is 236 g/mol. The minimum Gasteiger partial charge on any atom is -0.493 e. The third kappa shape index (κ3) is 4.27. The molecule has 1 N–H and O–H groups in total. The summed E-state index contributed by atoms with van der Waals surface area (Å²) in [6, 6.07) is 8.16. The molecule has 0 fully saturated rings. The molecular formula is C16H24N2O. The largest absolute Gasteiger partial charge is 0.493 e. The highest BCUT2D eigenvalue weighted by atomic mass is 16.5. The Labute approximate surface area is 116 Å². The Morgan fingerprint density at radius 3 is 2.79 bits per heavy atom. The number of benzene rings is 1. The van der Waals surface area contributed by atoms with Gasteiger partial charge in [-0.15, -0.1) is 0 Å². The molecule has 1 heterocycles. The highest BCUT2D eigenvalue weighted by molar-refractivity contribution is 6.02. The highest BCUT2D eigenvalue weighted by Crippen LogP contribution is 2.19. The van der Waals surface area contributed by atoms with Gasteiger partial charge in [0.2, 0.25) is 0 Å². The zero-order chi connectivity index (χ0) is 13.3. The second-order valence-electron chi connectivity index (χ2n) is 4.92. The molecule has 1 aromatic rings. The summed E-state index contributed by atoms with van der Waals surface area (Å²) >= 11 is 0. The van der Waals surface area contributed by atoms with Gasteiger partial charge >= 0.3 is 0 Å². The summed E-state index contributed by atoms with van der Waals surface area (Å²) in [5, 5.41) is 3.30. The van der Waals surface area contributed by atoms with E-state index in [4.69, 9.17) is 4.74 Å². The first kappa shape index (κ1) is 13.9. The quantitative estimate of drug-likeness (QED) is 0.727. The monoisotopic (exact) mass is 260 g/mol. The van der Waals surface area contributed by atoms with E-state index in [0.717, 1.165) is 43.3 Å². The van der Waals surface area contributed by atoms with E-state index in [-0.39, 0.29) is 0 Å². The lowest BCUT2D eigenvalue weighted by molar-refractivity contribution is 0.304. The third-order valence-electron chi connectivity index (χ3n) is 3.32. The van der Waals surface area contributed by atoms with Gasteiger partial charge in [-0.1, -0.05) is 44.7 Å². The van der Waals surface area contributed by atoms with Crippen molar-refractivity contribution in [2.75, 3.05) is 19.7 Å². The highest BCUT2D eigenvalue weighted by Gasteiger charge is 2.12. The van der Waals surface area contributed by atoms with E-state index in [0.29, 0.717) is 0 Å². The van der Waals surface area contributed by atoms with E-state index in [2.05, 4.69) is 23.3 Å². The standard InChI is InChI=1S/C16H24N2O/c1-2-3-4-5-8-13-19-15-10-7-6-9-14(15)16-17-11-12-18-16/h6-7,9-10H,2-5,8,11-13H2,1H3,(H,17,18). The summed E-state index contributed by atoms with van der Waals surface area (Å²) in [7, 11) is 0. The lowest BCUT2D eigenvalue weighted by atomic mass is 10.1. The molecule has 0 saturated carbocycles. The Hall–Kier alpha value is -1.51. The first-order chi connectivity index (χ1) is 9.42. The van der Waals surface area contributed by atoms with Crippen LogP contribution in [0.2, 0.25) is 0 Å². The molecule has 1 aliphatic rings. The van der Waals surface area contributed by atoms with Gasteiger partial charge in [-0.05, 0) is 18.6 Å². The van der Waals surface area contributed by atoms with Crippen LogP contribution in [0, 0.1) is 0 Å². The van der Waals surface area contributed by atoms with Crippen molar-refractivity contribution in [2.24, 2.45) is 4.99 Å². The number of aliphatic imine (C=N–C) groups is 1. The maximum Gasteiger partial charge on any atom is 0.132 e. The van der Waals surface area contributed by atoms with Crippen LogP contribution in [0.3, 0.4) is 0 Å².